The topological polar surface area (TPSA) is 70.6 Å². The predicted molar refractivity (Wildman–Crippen MR) is 101 cm³/mol. The molecule has 8 heteroatoms. The summed E-state index contributed by atoms with van der Waals surface area (Å²) >= 11 is 0. The van der Waals surface area contributed by atoms with E-state index < -0.39 is 6.61 Å². The molecule has 3 heterocycles. The zero-order chi connectivity index (χ0) is 19.5. The number of nitrogens with zero attached hydrogens (tertiary/aromatic N) is 3. The van der Waals surface area contributed by atoms with E-state index in [-0.39, 0.29) is 11.3 Å². The van der Waals surface area contributed by atoms with Crippen molar-refractivity contribution in [3.63, 3.8) is 0 Å². The second-order valence-electron chi connectivity index (χ2n) is 7.07. The van der Waals surface area contributed by atoms with Crippen molar-refractivity contribution >= 4 is 5.71 Å². The van der Waals surface area contributed by atoms with E-state index in [4.69, 9.17) is 0 Å². The van der Waals surface area contributed by atoms with Crippen LogP contribution in [0.3, 0.4) is 0 Å². The molecule has 0 radical (unpaired) electrons. The van der Waals surface area contributed by atoms with Crippen molar-refractivity contribution in [3.05, 3.63) is 57.3 Å². The Labute approximate surface area is 161 Å². The number of hydrogen-bond acceptors (Lipinski definition) is 5. The van der Waals surface area contributed by atoms with Gasteiger partial charge in [0, 0.05) is 38.2 Å². The number of rotatable bonds is 5. The molecule has 0 unspecified atom stereocenters. The van der Waals surface area contributed by atoms with Crippen LogP contribution in [0.1, 0.15) is 41.9 Å². The molecule has 28 heavy (non-hydrogen) atoms. The number of para-hydroxylation sites is 1. The van der Waals surface area contributed by atoms with Gasteiger partial charge in [-0.2, -0.15) is 8.78 Å². The minimum absolute atomic E-state index is 0.143. The van der Waals surface area contributed by atoms with Crippen LogP contribution < -0.4 is 10.3 Å². The van der Waals surface area contributed by atoms with E-state index in [1.54, 1.807) is 18.2 Å². The largest absolute Gasteiger partial charge is 0.434 e. The predicted octanol–water partition coefficient (Wildman–Crippen LogP) is 2.90. The molecule has 2 aliphatic rings. The smallest absolute Gasteiger partial charge is 0.387 e. The number of fused-ring (bicyclic) bond motifs is 1. The molecule has 0 spiro atoms. The first-order valence-corrected chi connectivity index (χ1v) is 9.51. The Bertz CT molecular complexity index is 942. The van der Waals surface area contributed by atoms with Crippen LogP contribution in [0.5, 0.6) is 5.75 Å². The lowest BCUT2D eigenvalue weighted by Crippen LogP contribution is -2.36. The summed E-state index contributed by atoms with van der Waals surface area (Å²) in [4.78, 5) is 26.7. The van der Waals surface area contributed by atoms with Gasteiger partial charge in [-0.3, -0.25) is 14.7 Å². The molecule has 1 N–H and O–H groups in total. The standard InChI is InChI=1S/C20H22F2N4O2/c21-20(22)28-17-7-2-1-5-13(17)11-26-10-8-15-14(12-26)19(27)25-18(24-15)16-6-3-4-9-23-16/h1-2,5,7,20H,3-4,6,8-12H2,(H,24,25,27). The van der Waals surface area contributed by atoms with Crippen molar-refractivity contribution in [2.75, 3.05) is 13.1 Å². The molecule has 0 saturated heterocycles. The number of aromatic amines is 1. The fraction of sp³-hybridized carbons (Fsp3) is 0.450. The van der Waals surface area contributed by atoms with E-state index in [0.717, 1.165) is 37.2 Å². The van der Waals surface area contributed by atoms with Crippen LogP contribution in [0.15, 0.2) is 34.1 Å². The van der Waals surface area contributed by atoms with E-state index in [1.165, 1.54) is 6.07 Å². The summed E-state index contributed by atoms with van der Waals surface area (Å²) in [7, 11) is 0. The quantitative estimate of drug-likeness (QED) is 0.855. The van der Waals surface area contributed by atoms with E-state index in [1.807, 2.05) is 4.90 Å². The minimum atomic E-state index is -2.86. The van der Waals surface area contributed by atoms with Gasteiger partial charge in [-0.25, -0.2) is 4.98 Å². The summed E-state index contributed by atoms with van der Waals surface area (Å²) in [6.07, 6.45) is 3.62. The highest BCUT2D eigenvalue weighted by atomic mass is 19.3. The van der Waals surface area contributed by atoms with Crippen molar-refractivity contribution in [1.82, 2.24) is 14.9 Å². The van der Waals surface area contributed by atoms with Gasteiger partial charge in [0.05, 0.1) is 17.0 Å². The molecule has 2 aliphatic heterocycles. The molecule has 2 aromatic rings. The van der Waals surface area contributed by atoms with Crippen LogP contribution in [-0.4, -0.2) is 40.3 Å². The molecule has 4 rings (SSSR count). The molecule has 0 bridgehead atoms. The van der Waals surface area contributed by atoms with Gasteiger partial charge < -0.3 is 9.72 Å². The van der Waals surface area contributed by atoms with Crippen LogP contribution in [-0.2, 0) is 19.5 Å². The Kier molecular flexibility index (Phi) is 5.47. The third-order valence-electron chi connectivity index (χ3n) is 5.13. The van der Waals surface area contributed by atoms with Crippen LogP contribution >= 0.6 is 0 Å². The first-order chi connectivity index (χ1) is 13.6. The molecular weight excluding hydrogens is 366 g/mol. The monoisotopic (exact) mass is 388 g/mol. The lowest BCUT2D eigenvalue weighted by molar-refractivity contribution is -0.0508. The normalized spacial score (nSPS) is 17.3. The molecule has 1 aromatic heterocycles. The highest BCUT2D eigenvalue weighted by molar-refractivity contribution is 5.97. The molecule has 0 saturated carbocycles. The maximum absolute atomic E-state index is 12.6. The van der Waals surface area contributed by atoms with E-state index >= 15 is 0 Å². The number of H-pyrrole nitrogens is 1. The molecule has 0 amide bonds. The second-order valence-corrected chi connectivity index (χ2v) is 7.07. The Morgan fingerprint density at radius 3 is 2.86 bits per heavy atom. The van der Waals surface area contributed by atoms with Gasteiger partial charge in [-0.15, -0.1) is 0 Å². The van der Waals surface area contributed by atoms with Gasteiger partial charge in [0.15, 0.2) is 5.82 Å². The maximum atomic E-state index is 12.6. The Morgan fingerprint density at radius 1 is 1.21 bits per heavy atom. The fourth-order valence-corrected chi connectivity index (χ4v) is 3.73. The molecule has 0 atom stereocenters. The summed E-state index contributed by atoms with van der Waals surface area (Å²) in [5.74, 6) is 0.758. The molecular formula is C20H22F2N4O2. The van der Waals surface area contributed by atoms with Gasteiger partial charge in [0.25, 0.3) is 5.56 Å². The van der Waals surface area contributed by atoms with Crippen molar-refractivity contribution in [1.29, 1.82) is 0 Å². The van der Waals surface area contributed by atoms with Crippen LogP contribution in [0.2, 0.25) is 0 Å². The van der Waals surface area contributed by atoms with Crippen molar-refractivity contribution < 1.29 is 13.5 Å². The number of hydrogen-bond donors (Lipinski definition) is 1. The highest BCUT2D eigenvalue weighted by Gasteiger charge is 2.23. The number of alkyl halides is 2. The SMILES string of the molecule is O=c1[nH]c(C2=NCCCC2)nc2c1CN(Cc1ccccc1OC(F)F)CC2. The number of benzene rings is 1. The number of ether oxygens (including phenoxy) is 1. The Morgan fingerprint density at radius 2 is 2.07 bits per heavy atom. The Balaban J connectivity index is 1.53. The number of halogens is 2. The molecule has 0 fully saturated rings. The minimum Gasteiger partial charge on any atom is -0.434 e. The number of aromatic nitrogens is 2. The summed E-state index contributed by atoms with van der Waals surface area (Å²) in [6.45, 7) is -0.539. The number of aliphatic imine (C=N–C) groups is 1. The summed E-state index contributed by atoms with van der Waals surface area (Å²) in [5, 5.41) is 0. The van der Waals surface area contributed by atoms with Gasteiger partial charge in [0.1, 0.15) is 5.75 Å². The van der Waals surface area contributed by atoms with Gasteiger partial charge >= 0.3 is 6.61 Å². The zero-order valence-corrected chi connectivity index (χ0v) is 15.5. The van der Waals surface area contributed by atoms with Crippen molar-refractivity contribution in [2.45, 2.75) is 45.4 Å². The summed E-state index contributed by atoms with van der Waals surface area (Å²) in [6, 6.07) is 6.75. The van der Waals surface area contributed by atoms with E-state index in [2.05, 4.69) is 19.7 Å². The van der Waals surface area contributed by atoms with E-state index in [0.29, 0.717) is 43.0 Å². The van der Waals surface area contributed by atoms with Crippen molar-refractivity contribution in [2.24, 2.45) is 4.99 Å². The van der Waals surface area contributed by atoms with Crippen LogP contribution in [0.4, 0.5) is 8.78 Å². The average Bonchev–Trinajstić information content (AvgIpc) is 2.70. The molecule has 6 nitrogen and oxygen atoms in total. The Hall–Kier alpha value is -2.61. The lowest BCUT2D eigenvalue weighted by atomic mass is 10.0. The first-order valence-electron chi connectivity index (χ1n) is 9.51. The maximum Gasteiger partial charge on any atom is 0.387 e. The lowest BCUT2D eigenvalue weighted by Gasteiger charge is -2.28. The van der Waals surface area contributed by atoms with Gasteiger partial charge in [-0.05, 0) is 25.3 Å². The zero-order valence-electron chi connectivity index (χ0n) is 15.5. The summed E-state index contributed by atoms with van der Waals surface area (Å²) in [5.41, 5.74) is 2.85. The third kappa shape index (κ3) is 4.11. The van der Waals surface area contributed by atoms with Crippen molar-refractivity contribution in [3.8, 4) is 5.75 Å². The summed E-state index contributed by atoms with van der Waals surface area (Å²) < 4.78 is 29.9. The molecule has 1 aromatic carbocycles. The highest BCUT2D eigenvalue weighted by Crippen LogP contribution is 2.24. The third-order valence-corrected chi connectivity index (χ3v) is 5.13. The van der Waals surface area contributed by atoms with Gasteiger partial charge in [-0.1, -0.05) is 18.2 Å². The molecule has 148 valence electrons. The molecule has 0 aliphatic carbocycles. The van der Waals surface area contributed by atoms with E-state index in [9.17, 15) is 13.6 Å². The first kappa shape index (κ1) is 18.7. The number of nitrogens with one attached hydrogen (secondary N) is 1. The fourth-order valence-electron chi connectivity index (χ4n) is 3.73. The van der Waals surface area contributed by atoms with Crippen LogP contribution in [0.25, 0.3) is 0 Å². The average molecular weight is 388 g/mol. The van der Waals surface area contributed by atoms with Crippen LogP contribution in [0, 0.1) is 0 Å². The van der Waals surface area contributed by atoms with Gasteiger partial charge in [0.2, 0.25) is 0 Å². The second kappa shape index (κ2) is 8.18.